The van der Waals surface area contributed by atoms with E-state index in [1.54, 1.807) is 0 Å². The average molecular weight is 114 g/mol. The molecular formula is C6H10S. The molecule has 7 heavy (non-hydrogen) atoms. The lowest BCUT2D eigenvalue weighted by molar-refractivity contribution is 1.13. The van der Waals surface area contributed by atoms with Crippen molar-refractivity contribution in [3.63, 3.8) is 0 Å². The van der Waals surface area contributed by atoms with Gasteiger partial charge >= 0.3 is 0 Å². The second-order valence-corrected chi connectivity index (χ2v) is 3.28. The molecule has 0 N–H and O–H groups in total. The van der Waals surface area contributed by atoms with Crippen LogP contribution in [-0.4, -0.2) is 11.0 Å². The fraction of sp³-hybridized carbons (Fsp3) is 0.667. The van der Waals surface area contributed by atoms with Crippen LogP contribution in [0, 0.1) is 0 Å². The van der Waals surface area contributed by atoms with Crippen molar-refractivity contribution in [3.05, 3.63) is 12.2 Å². The van der Waals surface area contributed by atoms with Gasteiger partial charge in [-0.05, 0) is 19.1 Å². The van der Waals surface area contributed by atoms with Crippen LogP contribution in [-0.2, 0) is 0 Å². The standard InChI is InChI=1S/C6H10S/c1-6-4-2-3-5-7-6/h2,4,6H,3,5H2,1H3. The van der Waals surface area contributed by atoms with Gasteiger partial charge in [-0.15, -0.1) is 0 Å². The van der Waals surface area contributed by atoms with Crippen LogP contribution < -0.4 is 0 Å². The summed E-state index contributed by atoms with van der Waals surface area (Å²) >= 11 is 2.03. The van der Waals surface area contributed by atoms with Crippen molar-refractivity contribution < 1.29 is 0 Å². The van der Waals surface area contributed by atoms with Gasteiger partial charge in [0.15, 0.2) is 0 Å². The Kier molecular flexibility index (Phi) is 1.80. The highest BCUT2D eigenvalue weighted by Crippen LogP contribution is 2.17. The number of hydrogen-bond acceptors (Lipinski definition) is 1. The molecule has 1 aliphatic rings. The first kappa shape index (κ1) is 5.23. The van der Waals surface area contributed by atoms with E-state index in [4.69, 9.17) is 0 Å². The van der Waals surface area contributed by atoms with Gasteiger partial charge in [-0.3, -0.25) is 0 Å². The van der Waals surface area contributed by atoms with E-state index in [0.29, 0.717) is 0 Å². The zero-order valence-electron chi connectivity index (χ0n) is 4.55. The molecule has 1 rings (SSSR count). The Balaban J connectivity index is 2.36. The van der Waals surface area contributed by atoms with Crippen molar-refractivity contribution in [1.29, 1.82) is 0 Å². The van der Waals surface area contributed by atoms with Gasteiger partial charge in [0, 0.05) is 5.25 Å². The van der Waals surface area contributed by atoms with Crippen LogP contribution in [0.4, 0.5) is 0 Å². The average Bonchev–Trinajstić information content (AvgIpc) is 1.69. The quantitative estimate of drug-likeness (QED) is 0.434. The molecule has 0 aromatic carbocycles. The van der Waals surface area contributed by atoms with Gasteiger partial charge in [0.1, 0.15) is 0 Å². The normalized spacial score (nSPS) is 30.7. The monoisotopic (exact) mass is 114 g/mol. The Morgan fingerprint density at radius 1 is 1.71 bits per heavy atom. The fourth-order valence-corrected chi connectivity index (χ4v) is 1.53. The maximum atomic E-state index is 2.27. The highest BCUT2D eigenvalue weighted by Gasteiger charge is 1.99. The SMILES string of the molecule is CC1C=CCCS1. The Bertz CT molecular complexity index is 76.2. The Morgan fingerprint density at radius 3 is 2.86 bits per heavy atom. The summed E-state index contributed by atoms with van der Waals surface area (Å²) in [4.78, 5) is 0. The highest BCUT2D eigenvalue weighted by atomic mass is 32.2. The number of hydrogen-bond donors (Lipinski definition) is 0. The molecule has 0 radical (unpaired) electrons. The molecule has 0 aromatic heterocycles. The first-order valence-corrected chi connectivity index (χ1v) is 3.73. The Hall–Kier alpha value is 0.0900. The second-order valence-electron chi connectivity index (χ2n) is 1.79. The predicted molar refractivity (Wildman–Crippen MR) is 35.7 cm³/mol. The third-order valence-electron chi connectivity index (χ3n) is 1.07. The number of allylic oxidation sites excluding steroid dienone is 1. The minimum absolute atomic E-state index is 0.772. The van der Waals surface area contributed by atoms with Gasteiger partial charge in [0.05, 0.1) is 0 Å². The van der Waals surface area contributed by atoms with Crippen molar-refractivity contribution in [3.8, 4) is 0 Å². The maximum Gasteiger partial charge on any atom is 0.0198 e. The largest absolute Gasteiger partial charge is 0.154 e. The first-order valence-electron chi connectivity index (χ1n) is 2.68. The van der Waals surface area contributed by atoms with E-state index in [2.05, 4.69) is 19.1 Å². The van der Waals surface area contributed by atoms with Gasteiger partial charge in [0.25, 0.3) is 0 Å². The molecule has 0 spiro atoms. The molecule has 40 valence electrons. The molecule has 0 aromatic rings. The summed E-state index contributed by atoms with van der Waals surface area (Å²) in [6.45, 7) is 2.24. The summed E-state index contributed by atoms with van der Waals surface area (Å²) in [7, 11) is 0. The lowest BCUT2D eigenvalue weighted by Crippen LogP contribution is -1.96. The molecule has 1 heteroatoms. The van der Waals surface area contributed by atoms with E-state index in [-0.39, 0.29) is 0 Å². The van der Waals surface area contributed by atoms with Crippen LogP contribution in [0.5, 0.6) is 0 Å². The molecule has 0 saturated carbocycles. The van der Waals surface area contributed by atoms with Gasteiger partial charge in [-0.25, -0.2) is 0 Å². The minimum Gasteiger partial charge on any atom is -0.154 e. The third kappa shape index (κ3) is 1.56. The van der Waals surface area contributed by atoms with E-state index >= 15 is 0 Å². The zero-order chi connectivity index (χ0) is 5.11. The molecule has 0 aliphatic carbocycles. The lowest BCUT2D eigenvalue weighted by Gasteiger charge is -2.08. The van der Waals surface area contributed by atoms with E-state index in [9.17, 15) is 0 Å². The summed E-state index contributed by atoms with van der Waals surface area (Å²) in [5, 5.41) is 0.772. The van der Waals surface area contributed by atoms with Gasteiger partial charge in [-0.2, -0.15) is 11.8 Å². The maximum absolute atomic E-state index is 2.27. The summed E-state index contributed by atoms with van der Waals surface area (Å²) in [6.07, 6.45) is 5.81. The van der Waals surface area contributed by atoms with Crippen molar-refractivity contribution in [1.82, 2.24) is 0 Å². The highest BCUT2D eigenvalue weighted by molar-refractivity contribution is 8.00. The van der Waals surface area contributed by atoms with Crippen LogP contribution in [0.1, 0.15) is 13.3 Å². The van der Waals surface area contributed by atoms with Crippen molar-refractivity contribution in [2.75, 3.05) is 5.75 Å². The van der Waals surface area contributed by atoms with Crippen LogP contribution in [0.15, 0.2) is 12.2 Å². The van der Waals surface area contributed by atoms with E-state index < -0.39 is 0 Å². The molecule has 0 saturated heterocycles. The van der Waals surface area contributed by atoms with Crippen LogP contribution in [0.2, 0.25) is 0 Å². The van der Waals surface area contributed by atoms with Crippen LogP contribution in [0.3, 0.4) is 0 Å². The molecule has 1 unspecified atom stereocenters. The van der Waals surface area contributed by atoms with E-state index in [1.165, 1.54) is 12.2 Å². The molecule has 1 atom stereocenters. The molecule has 0 bridgehead atoms. The topological polar surface area (TPSA) is 0 Å². The third-order valence-corrected chi connectivity index (χ3v) is 2.23. The molecule has 0 nitrogen and oxygen atoms in total. The molecule has 1 aliphatic heterocycles. The summed E-state index contributed by atoms with van der Waals surface area (Å²) < 4.78 is 0. The smallest absolute Gasteiger partial charge is 0.0198 e. The Morgan fingerprint density at radius 2 is 2.57 bits per heavy atom. The summed E-state index contributed by atoms with van der Waals surface area (Å²) in [5.74, 6) is 1.32. The molecule has 0 amide bonds. The van der Waals surface area contributed by atoms with Gasteiger partial charge in [0.2, 0.25) is 0 Å². The van der Waals surface area contributed by atoms with E-state index in [1.807, 2.05) is 11.8 Å². The van der Waals surface area contributed by atoms with Crippen molar-refractivity contribution in [2.24, 2.45) is 0 Å². The lowest BCUT2D eigenvalue weighted by atomic mass is 10.3. The first-order chi connectivity index (χ1) is 3.39. The van der Waals surface area contributed by atoms with Crippen LogP contribution in [0.25, 0.3) is 0 Å². The van der Waals surface area contributed by atoms with Gasteiger partial charge < -0.3 is 0 Å². The van der Waals surface area contributed by atoms with E-state index in [0.717, 1.165) is 5.25 Å². The fourth-order valence-electron chi connectivity index (χ4n) is 0.665. The molecule has 0 fully saturated rings. The predicted octanol–water partition coefficient (Wildman–Crippen LogP) is 2.07. The molecular weight excluding hydrogens is 104 g/mol. The summed E-state index contributed by atoms with van der Waals surface area (Å²) in [5.41, 5.74) is 0. The van der Waals surface area contributed by atoms with Crippen LogP contribution >= 0.6 is 11.8 Å². The minimum atomic E-state index is 0.772. The van der Waals surface area contributed by atoms with Crippen molar-refractivity contribution >= 4 is 11.8 Å². The summed E-state index contributed by atoms with van der Waals surface area (Å²) in [6, 6.07) is 0. The van der Waals surface area contributed by atoms with Crippen molar-refractivity contribution in [2.45, 2.75) is 18.6 Å². The molecule has 1 heterocycles. The van der Waals surface area contributed by atoms with Gasteiger partial charge in [-0.1, -0.05) is 12.2 Å². The zero-order valence-corrected chi connectivity index (χ0v) is 5.37. The number of thioether (sulfide) groups is 1. The Labute approximate surface area is 49.0 Å². The second kappa shape index (κ2) is 2.41. The number of rotatable bonds is 0.